The molecule has 154 valence electrons. The molecule has 0 saturated carbocycles. The van der Waals surface area contributed by atoms with E-state index in [1.54, 1.807) is 45.0 Å². The Kier molecular flexibility index (Phi) is 5.15. The van der Waals surface area contributed by atoms with Crippen molar-refractivity contribution >= 4 is 15.6 Å². The third-order valence-corrected chi connectivity index (χ3v) is 8.44. The first kappa shape index (κ1) is 20.5. The molecule has 0 unspecified atom stereocenters. The van der Waals surface area contributed by atoms with Crippen molar-refractivity contribution in [1.29, 1.82) is 0 Å². The molecule has 0 fully saturated rings. The molecular weight excluding hydrogens is 392 g/mol. The lowest BCUT2D eigenvalue weighted by Gasteiger charge is -2.19. The van der Waals surface area contributed by atoms with Gasteiger partial charge in [-0.25, -0.2) is 8.42 Å². The SMILES string of the molecule is CC(C)(C)S(=O)(=O)Cc1ccc(C(=O)Cc2cccc3c2Cc2ccccc2-3)cc1. The molecule has 0 saturated heterocycles. The van der Waals surface area contributed by atoms with Crippen LogP contribution in [-0.2, 0) is 28.4 Å². The molecule has 3 aromatic rings. The fourth-order valence-corrected chi connectivity index (χ4v) is 4.95. The van der Waals surface area contributed by atoms with Gasteiger partial charge in [-0.15, -0.1) is 0 Å². The summed E-state index contributed by atoms with van der Waals surface area (Å²) in [5.41, 5.74) is 7.40. The van der Waals surface area contributed by atoms with Crippen molar-refractivity contribution in [3.63, 3.8) is 0 Å². The normalized spacial score (nSPS) is 13.0. The molecule has 0 spiro atoms. The Morgan fingerprint density at radius 1 is 0.867 bits per heavy atom. The molecule has 4 rings (SSSR count). The quantitative estimate of drug-likeness (QED) is 0.408. The first-order valence-corrected chi connectivity index (χ1v) is 11.8. The van der Waals surface area contributed by atoms with Crippen LogP contribution in [0.15, 0.2) is 66.7 Å². The summed E-state index contributed by atoms with van der Waals surface area (Å²) >= 11 is 0. The van der Waals surface area contributed by atoms with Gasteiger partial charge in [0.15, 0.2) is 15.6 Å². The summed E-state index contributed by atoms with van der Waals surface area (Å²) in [7, 11) is -3.25. The van der Waals surface area contributed by atoms with E-state index in [1.165, 1.54) is 22.3 Å². The number of benzene rings is 3. The van der Waals surface area contributed by atoms with Crippen LogP contribution in [0.5, 0.6) is 0 Å². The molecule has 0 aromatic heterocycles. The number of carbonyl (C=O) groups excluding carboxylic acids is 1. The molecule has 1 aliphatic carbocycles. The number of rotatable bonds is 5. The summed E-state index contributed by atoms with van der Waals surface area (Å²) in [5.74, 6) is 0.0275. The molecule has 1 aliphatic rings. The molecule has 0 bridgehead atoms. The van der Waals surface area contributed by atoms with Gasteiger partial charge in [0.05, 0.1) is 10.5 Å². The zero-order valence-corrected chi connectivity index (χ0v) is 18.4. The van der Waals surface area contributed by atoms with Crippen molar-refractivity contribution < 1.29 is 13.2 Å². The van der Waals surface area contributed by atoms with Gasteiger partial charge in [0.25, 0.3) is 0 Å². The van der Waals surface area contributed by atoms with Crippen molar-refractivity contribution in [2.24, 2.45) is 0 Å². The molecule has 0 N–H and O–H groups in total. The zero-order valence-electron chi connectivity index (χ0n) is 17.6. The van der Waals surface area contributed by atoms with Crippen LogP contribution in [0.2, 0.25) is 0 Å². The molecule has 3 aromatic carbocycles. The summed E-state index contributed by atoms with van der Waals surface area (Å²) in [5, 5.41) is 0. The van der Waals surface area contributed by atoms with E-state index >= 15 is 0 Å². The minimum absolute atomic E-state index is 0.0184. The van der Waals surface area contributed by atoms with Crippen LogP contribution in [0.4, 0.5) is 0 Å². The van der Waals surface area contributed by atoms with Crippen molar-refractivity contribution in [3.8, 4) is 11.1 Å². The number of hydrogen-bond acceptors (Lipinski definition) is 3. The number of sulfone groups is 1. The second-order valence-corrected chi connectivity index (χ2v) is 11.7. The Balaban J connectivity index is 1.52. The molecule has 0 radical (unpaired) electrons. The van der Waals surface area contributed by atoms with Crippen molar-refractivity contribution in [1.82, 2.24) is 0 Å². The maximum absolute atomic E-state index is 12.9. The maximum atomic E-state index is 12.9. The highest BCUT2D eigenvalue weighted by atomic mass is 32.2. The summed E-state index contributed by atoms with van der Waals surface area (Å²) in [6.07, 6.45) is 1.20. The molecule has 3 nitrogen and oxygen atoms in total. The molecule has 30 heavy (non-hydrogen) atoms. The van der Waals surface area contributed by atoms with E-state index in [0.29, 0.717) is 17.5 Å². The second-order valence-electron chi connectivity index (χ2n) is 8.95. The topological polar surface area (TPSA) is 51.2 Å². The first-order chi connectivity index (χ1) is 14.2. The lowest BCUT2D eigenvalue weighted by Crippen LogP contribution is -2.29. The Labute approximate surface area is 178 Å². The Hall–Kier alpha value is -2.72. The van der Waals surface area contributed by atoms with E-state index in [1.807, 2.05) is 18.2 Å². The highest BCUT2D eigenvalue weighted by Crippen LogP contribution is 2.38. The van der Waals surface area contributed by atoms with Gasteiger partial charge in [-0.1, -0.05) is 66.7 Å². The predicted molar refractivity (Wildman–Crippen MR) is 122 cm³/mol. The molecule has 0 aliphatic heterocycles. The Morgan fingerprint density at radius 3 is 2.23 bits per heavy atom. The minimum atomic E-state index is -3.25. The molecular formula is C26H26O3S. The predicted octanol–water partition coefficient (Wildman–Crippen LogP) is 5.40. The van der Waals surface area contributed by atoms with Gasteiger partial charge in [-0.05, 0) is 60.6 Å². The van der Waals surface area contributed by atoms with Crippen LogP contribution in [0.25, 0.3) is 11.1 Å². The van der Waals surface area contributed by atoms with Crippen LogP contribution < -0.4 is 0 Å². The largest absolute Gasteiger partial charge is 0.294 e. The molecule has 4 heteroatoms. The lowest BCUT2D eigenvalue weighted by atomic mass is 9.95. The highest BCUT2D eigenvalue weighted by Gasteiger charge is 2.29. The van der Waals surface area contributed by atoms with Crippen LogP contribution in [0.1, 0.15) is 53.4 Å². The number of hydrogen-bond donors (Lipinski definition) is 0. The van der Waals surface area contributed by atoms with Crippen LogP contribution in [0.3, 0.4) is 0 Å². The van der Waals surface area contributed by atoms with Crippen LogP contribution in [-0.4, -0.2) is 18.9 Å². The smallest absolute Gasteiger partial charge is 0.167 e. The third-order valence-electron chi connectivity index (χ3n) is 5.86. The fraction of sp³-hybridized carbons (Fsp3) is 0.269. The molecule has 0 heterocycles. The summed E-state index contributed by atoms with van der Waals surface area (Å²) in [6, 6.07) is 21.5. The number of fused-ring (bicyclic) bond motifs is 3. The van der Waals surface area contributed by atoms with Gasteiger partial charge in [0.1, 0.15) is 0 Å². The van der Waals surface area contributed by atoms with E-state index in [0.717, 1.165) is 12.0 Å². The number of Topliss-reactive ketones (excluding diaryl/α,β-unsaturated/α-hetero) is 1. The minimum Gasteiger partial charge on any atom is -0.294 e. The van der Waals surface area contributed by atoms with E-state index in [2.05, 4.69) is 24.3 Å². The van der Waals surface area contributed by atoms with Crippen LogP contribution in [0, 0.1) is 0 Å². The average Bonchev–Trinajstić information content (AvgIpc) is 3.07. The third kappa shape index (κ3) is 3.84. The monoisotopic (exact) mass is 418 g/mol. The molecule has 0 atom stereocenters. The van der Waals surface area contributed by atoms with E-state index in [9.17, 15) is 13.2 Å². The summed E-state index contributed by atoms with van der Waals surface area (Å²) < 4.78 is 24.0. The van der Waals surface area contributed by atoms with E-state index in [4.69, 9.17) is 0 Å². The highest BCUT2D eigenvalue weighted by molar-refractivity contribution is 7.91. The van der Waals surface area contributed by atoms with Gasteiger partial charge in [0.2, 0.25) is 0 Å². The standard InChI is InChI=1S/C26H26O3S/c1-26(2,3)30(28,29)17-18-11-13-19(14-12-18)25(27)16-21-8-6-10-23-22-9-5-4-7-20(22)15-24(21)23/h4-14H,15-17H2,1-3H3. The lowest BCUT2D eigenvalue weighted by molar-refractivity contribution is 0.0992. The first-order valence-electron chi connectivity index (χ1n) is 10.2. The summed E-state index contributed by atoms with van der Waals surface area (Å²) in [4.78, 5) is 12.9. The van der Waals surface area contributed by atoms with E-state index < -0.39 is 14.6 Å². The van der Waals surface area contributed by atoms with Crippen molar-refractivity contribution in [3.05, 3.63) is 94.5 Å². The van der Waals surface area contributed by atoms with Gasteiger partial charge in [0, 0.05) is 12.0 Å². The Bertz CT molecular complexity index is 1210. The zero-order chi connectivity index (χ0) is 21.5. The second kappa shape index (κ2) is 7.51. The number of carbonyl (C=O) groups is 1. The Morgan fingerprint density at radius 2 is 1.53 bits per heavy atom. The van der Waals surface area contributed by atoms with Gasteiger partial charge < -0.3 is 0 Å². The fourth-order valence-electron chi connectivity index (χ4n) is 3.89. The average molecular weight is 419 g/mol. The summed E-state index contributed by atoms with van der Waals surface area (Å²) in [6.45, 7) is 5.12. The number of ketones is 1. The van der Waals surface area contributed by atoms with Gasteiger partial charge >= 0.3 is 0 Å². The van der Waals surface area contributed by atoms with Gasteiger partial charge in [-0.2, -0.15) is 0 Å². The van der Waals surface area contributed by atoms with Gasteiger partial charge in [-0.3, -0.25) is 4.79 Å². The maximum Gasteiger partial charge on any atom is 0.167 e. The van der Waals surface area contributed by atoms with Crippen molar-refractivity contribution in [2.75, 3.05) is 0 Å². The van der Waals surface area contributed by atoms with Crippen LogP contribution >= 0.6 is 0 Å². The van der Waals surface area contributed by atoms with E-state index in [-0.39, 0.29) is 11.5 Å². The molecule has 0 amide bonds. The van der Waals surface area contributed by atoms with Crippen molar-refractivity contribution in [2.45, 2.75) is 44.1 Å².